The Morgan fingerprint density at radius 3 is 2.18 bits per heavy atom. The molecule has 0 bridgehead atoms. The van der Waals surface area contributed by atoms with E-state index in [1.54, 1.807) is 0 Å². The monoisotopic (exact) mass is 334 g/mol. The van der Waals surface area contributed by atoms with Crippen molar-refractivity contribution in [2.45, 2.75) is 59.0 Å². The molecule has 0 aliphatic carbocycles. The van der Waals surface area contributed by atoms with Crippen LogP contribution in [0.15, 0.2) is 0 Å². The van der Waals surface area contributed by atoms with Crippen molar-refractivity contribution in [1.82, 2.24) is 0 Å². The van der Waals surface area contributed by atoms with E-state index in [9.17, 15) is 0 Å². The molecular weight excluding hydrogens is 300 g/mol. The molecule has 1 saturated heterocycles. The first-order chi connectivity index (χ1) is 10.8. The van der Waals surface area contributed by atoms with Gasteiger partial charge in [0, 0.05) is 26.4 Å². The van der Waals surface area contributed by atoms with Gasteiger partial charge in [0.15, 0.2) is 0 Å². The van der Waals surface area contributed by atoms with E-state index in [1.807, 2.05) is 0 Å². The van der Waals surface area contributed by atoms with Crippen molar-refractivity contribution in [3.05, 3.63) is 0 Å². The molecule has 0 aromatic rings. The van der Waals surface area contributed by atoms with E-state index in [1.165, 1.54) is 0 Å². The predicted octanol–water partition coefficient (Wildman–Crippen LogP) is 2.80. The van der Waals surface area contributed by atoms with Crippen molar-refractivity contribution in [3.8, 4) is 0 Å². The molecular formula is C16H34O5Si. The highest BCUT2D eigenvalue weighted by molar-refractivity contribution is 6.36. The Morgan fingerprint density at radius 1 is 1.05 bits per heavy atom. The lowest BCUT2D eigenvalue weighted by Gasteiger charge is -2.18. The second-order valence-electron chi connectivity index (χ2n) is 5.99. The molecule has 1 aliphatic rings. The molecule has 1 fully saturated rings. The van der Waals surface area contributed by atoms with Gasteiger partial charge in [-0.15, -0.1) is 0 Å². The lowest BCUT2D eigenvalue weighted by molar-refractivity contribution is 0.0655. The Kier molecular flexibility index (Phi) is 12.3. The third kappa shape index (κ3) is 11.6. The molecule has 0 amide bonds. The number of rotatable bonds is 16. The average Bonchev–Trinajstić information content (AvgIpc) is 3.31. The van der Waals surface area contributed by atoms with Gasteiger partial charge in [-0.25, -0.2) is 0 Å². The van der Waals surface area contributed by atoms with Crippen LogP contribution in [0.5, 0.6) is 0 Å². The van der Waals surface area contributed by atoms with Gasteiger partial charge in [-0.1, -0.05) is 33.6 Å². The minimum atomic E-state index is -1.95. The molecule has 2 unspecified atom stereocenters. The number of hydrogen-bond acceptors (Lipinski definition) is 5. The molecule has 1 rings (SSSR count). The van der Waals surface area contributed by atoms with Crippen LogP contribution in [0.1, 0.15) is 52.9 Å². The maximum Gasteiger partial charge on any atom is 0.484 e. The summed E-state index contributed by atoms with van der Waals surface area (Å²) >= 11 is 0. The highest BCUT2D eigenvalue weighted by Crippen LogP contribution is 2.11. The summed E-state index contributed by atoms with van der Waals surface area (Å²) in [5.74, 6) is 0.486. The van der Waals surface area contributed by atoms with Crippen molar-refractivity contribution in [2.24, 2.45) is 5.92 Å². The van der Waals surface area contributed by atoms with E-state index in [4.69, 9.17) is 22.8 Å². The smallest absolute Gasteiger partial charge is 0.378 e. The fourth-order valence-corrected chi connectivity index (χ4v) is 3.14. The second-order valence-corrected chi connectivity index (χ2v) is 7.57. The Labute approximate surface area is 137 Å². The molecule has 0 spiro atoms. The van der Waals surface area contributed by atoms with E-state index >= 15 is 0 Å². The van der Waals surface area contributed by atoms with Crippen molar-refractivity contribution in [2.75, 3.05) is 39.6 Å². The number of ether oxygens (including phenoxy) is 2. The molecule has 132 valence electrons. The van der Waals surface area contributed by atoms with Crippen molar-refractivity contribution in [1.29, 1.82) is 0 Å². The zero-order valence-electron chi connectivity index (χ0n) is 14.6. The van der Waals surface area contributed by atoms with Crippen LogP contribution < -0.4 is 0 Å². The third-order valence-corrected chi connectivity index (χ3v) is 5.00. The highest BCUT2D eigenvalue weighted by Gasteiger charge is 2.22. The van der Waals surface area contributed by atoms with E-state index in [0.717, 1.165) is 65.1 Å². The quantitative estimate of drug-likeness (QED) is 0.247. The van der Waals surface area contributed by atoms with Gasteiger partial charge in [0.05, 0.1) is 13.2 Å². The molecule has 0 aromatic carbocycles. The summed E-state index contributed by atoms with van der Waals surface area (Å²) in [5, 5.41) is 0. The molecule has 0 saturated carbocycles. The van der Waals surface area contributed by atoms with E-state index in [2.05, 4.69) is 20.8 Å². The van der Waals surface area contributed by atoms with Gasteiger partial charge >= 0.3 is 9.53 Å². The van der Waals surface area contributed by atoms with Crippen LogP contribution >= 0.6 is 0 Å². The number of hydrogen-bond donors (Lipinski definition) is 0. The van der Waals surface area contributed by atoms with E-state index < -0.39 is 9.53 Å². The summed E-state index contributed by atoms with van der Waals surface area (Å²) < 4.78 is 28.1. The summed E-state index contributed by atoms with van der Waals surface area (Å²) in [6.07, 6.45) is 5.72. The standard InChI is InChI=1S/C16H34O5Si/c1-4-6-9-19-22(20-10-7-5-2)21-11-8-15(3)12-17-13-16-14-18-16/h15-16,22H,4-14H2,1-3H3. The average molecular weight is 335 g/mol. The van der Waals surface area contributed by atoms with Crippen molar-refractivity contribution in [3.63, 3.8) is 0 Å². The summed E-state index contributed by atoms with van der Waals surface area (Å²) in [6.45, 7) is 11.0. The normalized spacial score (nSPS) is 18.8. The van der Waals surface area contributed by atoms with Gasteiger partial charge in [0.2, 0.25) is 0 Å². The molecule has 0 radical (unpaired) electrons. The lowest BCUT2D eigenvalue weighted by atomic mass is 10.1. The van der Waals surface area contributed by atoms with Gasteiger partial charge in [-0.05, 0) is 25.2 Å². The maximum atomic E-state index is 5.86. The van der Waals surface area contributed by atoms with Gasteiger partial charge in [0.1, 0.15) is 6.10 Å². The summed E-state index contributed by atoms with van der Waals surface area (Å²) in [5.41, 5.74) is 0. The minimum absolute atomic E-state index is 0.346. The molecule has 1 heterocycles. The lowest BCUT2D eigenvalue weighted by Crippen LogP contribution is -2.29. The SMILES string of the molecule is CCCCO[SiH](OCCCC)OCCC(C)COCC1CO1. The fourth-order valence-electron chi connectivity index (χ4n) is 1.81. The molecule has 0 aromatic heterocycles. The topological polar surface area (TPSA) is 49.5 Å². The van der Waals surface area contributed by atoms with Gasteiger partial charge in [-0.3, -0.25) is 0 Å². The summed E-state index contributed by atoms with van der Waals surface area (Å²) in [4.78, 5) is 0. The summed E-state index contributed by atoms with van der Waals surface area (Å²) in [7, 11) is -1.95. The second kappa shape index (κ2) is 13.5. The van der Waals surface area contributed by atoms with Crippen LogP contribution in [0.3, 0.4) is 0 Å². The largest absolute Gasteiger partial charge is 0.484 e. The van der Waals surface area contributed by atoms with Gasteiger partial charge in [0.25, 0.3) is 0 Å². The van der Waals surface area contributed by atoms with Crippen LogP contribution in [-0.2, 0) is 22.8 Å². The fraction of sp³-hybridized carbons (Fsp3) is 1.00. The zero-order valence-corrected chi connectivity index (χ0v) is 15.7. The molecule has 2 atom stereocenters. The van der Waals surface area contributed by atoms with Crippen LogP contribution in [0.4, 0.5) is 0 Å². The number of epoxide rings is 1. The number of unbranched alkanes of at least 4 members (excludes halogenated alkanes) is 2. The molecule has 5 nitrogen and oxygen atoms in total. The third-order valence-electron chi connectivity index (χ3n) is 3.48. The predicted molar refractivity (Wildman–Crippen MR) is 89.2 cm³/mol. The molecule has 6 heteroatoms. The Balaban J connectivity index is 2.05. The van der Waals surface area contributed by atoms with E-state index in [-0.39, 0.29) is 0 Å². The maximum absolute atomic E-state index is 5.86. The Hall–Kier alpha value is 0.0169. The first-order valence-corrected chi connectivity index (χ1v) is 10.2. The van der Waals surface area contributed by atoms with Crippen LogP contribution in [0.2, 0.25) is 0 Å². The first-order valence-electron chi connectivity index (χ1n) is 8.80. The van der Waals surface area contributed by atoms with Crippen LogP contribution in [0, 0.1) is 5.92 Å². The van der Waals surface area contributed by atoms with Crippen LogP contribution in [-0.4, -0.2) is 55.3 Å². The zero-order chi connectivity index (χ0) is 16.0. The van der Waals surface area contributed by atoms with Crippen molar-refractivity contribution < 1.29 is 22.8 Å². The van der Waals surface area contributed by atoms with Crippen molar-refractivity contribution >= 4 is 9.53 Å². The molecule has 22 heavy (non-hydrogen) atoms. The highest BCUT2D eigenvalue weighted by atomic mass is 28.3. The first kappa shape index (κ1) is 20.1. The Bertz CT molecular complexity index is 241. The summed E-state index contributed by atoms with van der Waals surface area (Å²) in [6, 6.07) is 0. The molecule has 0 N–H and O–H groups in total. The van der Waals surface area contributed by atoms with Gasteiger partial charge < -0.3 is 22.8 Å². The minimum Gasteiger partial charge on any atom is -0.378 e. The Morgan fingerprint density at radius 2 is 1.64 bits per heavy atom. The van der Waals surface area contributed by atoms with E-state index in [0.29, 0.717) is 18.6 Å². The molecule has 1 aliphatic heterocycles. The van der Waals surface area contributed by atoms with Gasteiger partial charge in [-0.2, -0.15) is 0 Å². The van der Waals surface area contributed by atoms with Crippen LogP contribution in [0.25, 0.3) is 0 Å².